The summed E-state index contributed by atoms with van der Waals surface area (Å²) in [6.45, 7) is 0. The topological polar surface area (TPSA) is 114 Å². The van der Waals surface area contributed by atoms with Crippen LogP contribution in [-0.4, -0.2) is 24.0 Å². The number of hydrogen-bond acceptors (Lipinski definition) is 5. The number of aromatic hydroxyl groups is 1. The SMILES string of the molecule is CNC(=O)c1cc(Oc2ccc(NC(=O)c3cccc(O)c3)cc2)ccc1N. The minimum absolute atomic E-state index is 0.0241. The first-order valence-electron chi connectivity index (χ1n) is 8.46. The van der Waals surface area contributed by atoms with Crippen LogP contribution in [0.3, 0.4) is 0 Å². The number of amides is 2. The third-order valence-electron chi connectivity index (χ3n) is 3.95. The number of benzene rings is 3. The fourth-order valence-corrected chi connectivity index (χ4v) is 2.52. The van der Waals surface area contributed by atoms with Crippen LogP contribution in [0.2, 0.25) is 0 Å². The van der Waals surface area contributed by atoms with Gasteiger partial charge < -0.3 is 26.2 Å². The monoisotopic (exact) mass is 377 g/mol. The molecule has 5 N–H and O–H groups in total. The molecule has 3 rings (SSSR count). The second kappa shape index (κ2) is 8.13. The molecule has 0 aliphatic heterocycles. The van der Waals surface area contributed by atoms with Gasteiger partial charge in [-0.3, -0.25) is 9.59 Å². The molecule has 0 saturated carbocycles. The van der Waals surface area contributed by atoms with E-state index in [9.17, 15) is 14.7 Å². The van der Waals surface area contributed by atoms with Crippen LogP contribution in [0.5, 0.6) is 17.2 Å². The number of nitrogens with one attached hydrogen (secondary N) is 2. The van der Waals surface area contributed by atoms with Crippen molar-refractivity contribution >= 4 is 23.2 Å². The molecular weight excluding hydrogens is 358 g/mol. The first-order valence-corrected chi connectivity index (χ1v) is 8.46. The van der Waals surface area contributed by atoms with E-state index in [4.69, 9.17) is 10.5 Å². The van der Waals surface area contributed by atoms with E-state index in [0.29, 0.717) is 34.0 Å². The van der Waals surface area contributed by atoms with Gasteiger partial charge in [-0.15, -0.1) is 0 Å². The summed E-state index contributed by atoms with van der Waals surface area (Å²) in [7, 11) is 1.53. The molecule has 0 fully saturated rings. The lowest BCUT2D eigenvalue weighted by atomic mass is 10.1. The molecule has 3 aromatic carbocycles. The molecule has 0 atom stereocenters. The lowest BCUT2D eigenvalue weighted by Crippen LogP contribution is -2.19. The van der Waals surface area contributed by atoms with Crippen LogP contribution in [-0.2, 0) is 0 Å². The van der Waals surface area contributed by atoms with Crippen molar-refractivity contribution in [1.29, 1.82) is 0 Å². The van der Waals surface area contributed by atoms with Crippen molar-refractivity contribution in [3.8, 4) is 17.2 Å². The molecule has 0 saturated heterocycles. The highest BCUT2D eigenvalue weighted by atomic mass is 16.5. The van der Waals surface area contributed by atoms with Crippen LogP contribution in [0, 0.1) is 0 Å². The zero-order chi connectivity index (χ0) is 20.1. The van der Waals surface area contributed by atoms with E-state index >= 15 is 0 Å². The summed E-state index contributed by atoms with van der Waals surface area (Å²) >= 11 is 0. The summed E-state index contributed by atoms with van der Waals surface area (Å²) in [6.07, 6.45) is 0. The van der Waals surface area contributed by atoms with Crippen molar-refractivity contribution in [3.05, 3.63) is 77.9 Å². The maximum absolute atomic E-state index is 12.2. The van der Waals surface area contributed by atoms with Gasteiger partial charge in [0.05, 0.1) is 5.56 Å². The molecular formula is C21H19N3O4. The second-order valence-electron chi connectivity index (χ2n) is 5.96. The predicted octanol–water partition coefficient (Wildman–Crippen LogP) is 3.38. The van der Waals surface area contributed by atoms with Crippen molar-refractivity contribution in [2.75, 3.05) is 18.1 Å². The number of phenolic OH excluding ortho intramolecular Hbond substituents is 1. The van der Waals surface area contributed by atoms with Gasteiger partial charge >= 0.3 is 0 Å². The Morgan fingerprint density at radius 2 is 1.64 bits per heavy atom. The van der Waals surface area contributed by atoms with Gasteiger partial charge in [0.15, 0.2) is 0 Å². The Labute approximate surface area is 161 Å². The van der Waals surface area contributed by atoms with Crippen LogP contribution in [0.4, 0.5) is 11.4 Å². The first kappa shape index (κ1) is 18.8. The highest BCUT2D eigenvalue weighted by Gasteiger charge is 2.10. The molecule has 142 valence electrons. The molecule has 0 bridgehead atoms. The number of hydrogen-bond donors (Lipinski definition) is 4. The van der Waals surface area contributed by atoms with E-state index in [2.05, 4.69) is 10.6 Å². The summed E-state index contributed by atoms with van der Waals surface area (Å²) in [5.74, 6) is 0.384. The fraction of sp³-hybridized carbons (Fsp3) is 0.0476. The van der Waals surface area contributed by atoms with E-state index in [1.165, 1.54) is 19.2 Å². The Hall–Kier alpha value is -4.00. The fourth-order valence-electron chi connectivity index (χ4n) is 2.52. The second-order valence-corrected chi connectivity index (χ2v) is 5.96. The summed E-state index contributed by atoms with van der Waals surface area (Å²) in [6, 6.07) is 17.7. The molecule has 7 nitrogen and oxygen atoms in total. The average Bonchev–Trinajstić information content (AvgIpc) is 2.70. The van der Waals surface area contributed by atoms with Gasteiger partial charge in [0.1, 0.15) is 17.2 Å². The van der Waals surface area contributed by atoms with Gasteiger partial charge in [-0.1, -0.05) is 6.07 Å². The third-order valence-corrected chi connectivity index (χ3v) is 3.95. The van der Waals surface area contributed by atoms with Crippen molar-refractivity contribution < 1.29 is 19.4 Å². The molecule has 28 heavy (non-hydrogen) atoms. The number of anilines is 2. The van der Waals surface area contributed by atoms with Crippen LogP contribution in [0.15, 0.2) is 66.7 Å². The van der Waals surface area contributed by atoms with E-state index in [-0.39, 0.29) is 17.6 Å². The summed E-state index contributed by atoms with van der Waals surface area (Å²) in [5, 5.41) is 14.7. The van der Waals surface area contributed by atoms with Gasteiger partial charge in [-0.2, -0.15) is 0 Å². The van der Waals surface area contributed by atoms with Crippen LogP contribution in [0.25, 0.3) is 0 Å². The van der Waals surface area contributed by atoms with Crippen LogP contribution < -0.4 is 21.1 Å². The standard InChI is InChI=1S/C21H19N3O4/c1-23-21(27)18-12-17(9-10-19(18)22)28-16-7-5-14(6-8-16)24-20(26)13-3-2-4-15(25)11-13/h2-12,25H,22H2,1H3,(H,23,27)(H,24,26). The summed E-state index contributed by atoms with van der Waals surface area (Å²) < 4.78 is 5.75. The predicted molar refractivity (Wildman–Crippen MR) is 107 cm³/mol. The van der Waals surface area contributed by atoms with Gasteiger partial charge in [0.25, 0.3) is 11.8 Å². The molecule has 7 heteroatoms. The Morgan fingerprint density at radius 3 is 2.32 bits per heavy atom. The highest BCUT2D eigenvalue weighted by molar-refractivity contribution is 6.04. The van der Waals surface area contributed by atoms with E-state index in [0.717, 1.165) is 0 Å². The number of nitrogen functional groups attached to an aromatic ring is 1. The van der Waals surface area contributed by atoms with Crippen LogP contribution in [0.1, 0.15) is 20.7 Å². The maximum atomic E-state index is 12.2. The highest BCUT2D eigenvalue weighted by Crippen LogP contribution is 2.26. The average molecular weight is 377 g/mol. The number of carbonyl (C=O) groups is 2. The molecule has 0 radical (unpaired) electrons. The van der Waals surface area contributed by atoms with Gasteiger partial charge in [-0.05, 0) is 60.7 Å². The molecule has 3 aromatic rings. The zero-order valence-electron chi connectivity index (χ0n) is 15.1. The minimum Gasteiger partial charge on any atom is -0.508 e. The Bertz CT molecular complexity index is 1020. The smallest absolute Gasteiger partial charge is 0.255 e. The summed E-state index contributed by atoms with van der Waals surface area (Å²) in [5.41, 5.74) is 7.42. The Morgan fingerprint density at radius 1 is 0.929 bits per heavy atom. The molecule has 0 aliphatic carbocycles. The number of carbonyl (C=O) groups excluding carboxylic acids is 2. The lowest BCUT2D eigenvalue weighted by Gasteiger charge is -2.10. The van der Waals surface area contributed by atoms with E-state index in [1.54, 1.807) is 54.6 Å². The largest absolute Gasteiger partial charge is 0.508 e. The number of nitrogens with two attached hydrogens (primary N) is 1. The quantitative estimate of drug-likeness (QED) is 0.509. The molecule has 0 aromatic heterocycles. The van der Waals surface area contributed by atoms with Crippen molar-refractivity contribution in [1.82, 2.24) is 5.32 Å². The van der Waals surface area contributed by atoms with Crippen molar-refractivity contribution in [2.24, 2.45) is 0 Å². The molecule has 0 aliphatic rings. The molecule has 0 spiro atoms. The maximum Gasteiger partial charge on any atom is 0.255 e. The Balaban J connectivity index is 1.69. The number of rotatable bonds is 5. The van der Waals surface area contributed by atoms with Gasteiger partial charge in [-0.25, -0.2) is 0 Å². The molecule has 0 heterocycles. The molecule has 2 amide bonds. The Kier molecular flexibility index (Phi) is 5.45. The normalized spacial score (nSPS) is 10.2. The van der Waals surface area contributed by atoms with E-state index in [1.807, 2.05) is 0 Å². The third kappa shape index (κ3) is 4.39. The zero-order valence-corrected chi connectivity index (χ0v) is 15.1. The van der Waals surface area contributed by atoms with Crippen molar-refractivity contribution in [3.63, 3.8) is 0 Å². The van der Waals surface area contributed by atoms with Crippen LogP contribution >= 0.6 is 0 Å². The van der Waals surface area contributed by atoms with Gasteiger partial charge in [0.2, 0.25) is 0 Å². The summed E-state index contributed by atoms with van der Waals surface area (Å²) in [4.78, 5) is 24.0. The minimum atomic E-state index is -0.335. The van der Waals surface area contributed by atoms with Crippen molar-refractivity contribution in [2.45, 2.75) is 0 Å². The van der Waals surface area contributed by atoms with E-state index < -0.39 is 0 Å². The molecule has 0 unspecified atom stereocenters. The first-order chi connectivity index (χ1) is 13.5. The van der Waals surface area contributed by atoms with Gasteiger partial charge in [0, 0.05) is 24.0 Å². The lowest BCUT2D eigenvalue weighted by molar-refractivity contribution is 0.0962. The number of phenols is 1. The number of ether oxygens (including phenoxy) is 1.